The number of aryl methyl sites for hydroxylation is 1. The molecular weight excluding hydrogens is 456 g/mol. The van der Waals surface area contributed by atoms with E-state index in [0.29, 0.717) is 17.0 Å². The first kappa shape index (κ1) is 21.8. The minimum absolute atomic E-state index is 0.00621. The van der Waals surface area contributed by atoms with Crippen molar-refractivity contribution in [3.8, 4) is 5.75 Å². The van der Waals surface area contributed by atoms with Crippen LogP contribution in [0, 0.1) is 6.92 Å². The Balaban J connectivity index is 1.59. The molecule has 1 aliphatic carbocycles. The maximum Gasteiger partial charge on any atom is 0.262 e. The Kier molecular flexibility index (Phi) is 7.32. The largest absolute Gasteiger partial charge is 0.483 e. The summed E-state index contributed by atoms with van der Waals surface area (Å²) in [6, 6.07) is 12.0. The number of sulfonamides is 1. The highest BCUT2D eigenvalue weighted by atomic mass is 79.9. The number of hydrogen-bond acceptors (Lipinski definition) is 4. The number of amides is 1. The summed E-state index contributed by atoms with van der Waals surface area (Å²) in [7, 11) is -3.56. The van der Waals surface area contributed by atoms with Gasteiger partial charge in [-0.2, -0.15) is 0 Å². The van der Waals surface area contributed by atoms with Crippen LogP contribution in [-0.4, -0.2) is 27.0 Å². The molecule has 1 fully saturated rings. The van der Waals surface area contributed by atoms with Crippen molar-refractivity contribution >= 4 is 37.5 Å². The summed E-state index contributed by atoms with van der Waals surface area (Å²) in [6.45, 7) is 1.60. The number of anilines is 1. The van der Waals surface area contributed by atoms with E-state index in [1.54, 1.807) is 31.2 Å². The van der Waals surface area contributed by atoms with Gasteiger partial charge in [0.05, 0.1) is 4.90 Å². The second-order valence-electron chi connectivity index (χ2n) is 7.23. The Morgan fingerprint density at radius 3 is 2.59 bits per heavy atom. The van der Waals surface area contributed by atoms with Gasteiger partial charge in [-0.1, -0.05) is 41.3 Å². The third-order valence-corrected chi connectivity index (χ3v) is 6.86. The van der Waals surface area contributed by atoms with Crippen molar-refractivity contribution in [2.24, 2.45) is 0 Å². The number of halogens is 1. The van der Waals surface area contributed by atoms with E-state index in [9.17, 15) is 13.2 Å². The molecule has 3 rings (SSSR count). The second kappa shape index (κ2) is 9.73. The molecule has 1 saturated carbocycles. The summed E-state index contributed by atoms with van der Waals surface area (Å²) >= 11 is 3.35. The van der Waals surface area contributed by atoms with Crippen LogP contribution < -0.4 is 14.8 Å². The number of rotatable bonds is 7. The first-order chi connectivity index (χ1) is 13.8. The first-order valence-corrected chi connectivity index (χ1v) is 11.9. The number of ether oxygens (including phenoxy) is 1. The van der Waals surface area contributed by atoms with Crippen LogP contribution in [0.25, 0.3) is 0 Å². The third kappa shape index (κ3) is 6.29. The van der Waals surface area contributed by atoms with Crippen molar-refractivity contribution in [3.05, 3.63) is 52.5 Å². The van der Waals surface area contributed by atoms with Crippen molar-refractivity contribution < 1.29 is 17.9 Å². The molecule has 0 saturated heterocycles. The zero-order valence-electron chi connectivity index (χ0n) is 16.3. The molecule has 6 nitrogen and oxygen atoms in total. The zero-order chi connectivity index (χ0) is 20.9. The number of benzene rings is 2. The minimum atomic E-state index is -3.56. The lowest BCUT2D eigenvalue weighted by molar-refractivity contribution is -0.118. The van der Waals surface area contributed by atoms with Crippen LogP contribution >= 0.6 is 15.9 Å². The molecule has 0 atom stereocenters. The van der Waals surface area contributed by atoms with Crippen molar-refractivity contribution in [1.29, 1.82) is 0 Å². The Hall–Kier alpha value is -1.90. The monoisotopic (exact) mass is 480 g/mol. The molecule has 1 aliphatic rings. The molecule has 0 bridgehead atoms. The topological polar surface area (TPSA) is 84.5 Å². The molecule has 0 unspecified atom stereocenters. The molecule has 0 aromatic heterocycles. The van der Waals surface area contributed by atoms with Crippen LogP contribution in [0.2, 0.25) is 0 Å². The Morgan fingerprint density at radius 1 is 1.14 bits per heavy atom. The van der Waals surface area contributed by atoms with E-state index in [0.717, 1.165) is 30.2 Å². The fourth-order valence-electron chi connectivity index (χ4n) is 3.37. The van der Waals surface area contributed by atoms with Gasteiger partial charge in [0.1, 0.15) is 5.75 Å². The lowest BCUT2D eigenvalue weighted by atomic mass is 9.96. The molecule has 8 heteroatoms. The molecule has 29 heavy (non-hydrogen) atoms. The molecular formula is C21H25BrN2O4S. The van der Waals surface area contributed by atoms with Crippen LogP contribution in [0.4, 0.5) is 5.69 Å². The molecule has 0 aliphatic heterocycles. The quantitative estimate of drug-likeness (QED) is 0.615. The van der Waals surface area contributed by atoms with Crippen LogP contribution in [0.3, 0.4) is 0 Å². The summed E-state index contributed by atoms with van der Waals surface area (Å²) in [6.07, 6.45) is 5.04. The van der Waals surface area contributed by atoms with Gasteiger partial charge in [0.2, 0.25) is 10.0 Å². The lowest BCUT2D eigenvalue weighted by Gasteiger charge is -2.22. The van der Waals surface area contributed by atoms with Gasteiger partial charge >= 0.3 is 0 Å². The van der Waals surface area contributed by atoms with Gasteiger partial charge in [-0.3, -0.25) is 4.79 Å². The van der Waals surface area contributed by atoms with Gasteiger partial charge in [0.15, 0.2) is 6.61 Å². The molecule has 1 amide bonds. The fourth-order valence-corrected chi connectivity index (χ4v) is 5.15. The van der Waals surface area contributed by atoms with Crippen molar-refractivity contribution in [3.63, 3.8) is 0 Å². The molecule has 0 spiro atoms. The second-order valence-corrected chi connectivity index (χ2v) is 9.86. The van der Waals surface area contributed by atoms with Gasteiger partial charge in [-0.25, -0.2) is 13.1 Å². The van der Waals surface area contributed by atoms with Crippen LogP contribution in [0.15, 0.2) is 51.8 Å². The van der Waals surface area contributed by atoms with E-state index < -0.39 is 10.0 Å². The van der Waals surface area contributed by atoms with Gasteiger partial charge in [0.25, 0.3) is 5.91 Å². The molecule has 2 N–H and O–H groups in total. The Labute approximate surface area is 180 Å². The standard InChI is InChI=1S/C21H25BrN2O4S/c1-15-12-19(29(26,27)24-17-7-3-2-4-8-17)10-11-20(15)28-14-21(25)23-18-9-5-6-16(22)13-18/h5-6,9-13,17,24H,2-4,7-8,14H2,1H3,(H,23,25). The summed E-state index contributed by atoms with van der Waals surface area (Å²) < 4.78 is 34.5. The van der Waals surface area contributed by atoms with Gasteiger partial charge in [-0.05, 0) is 61.7 Å². The number of nitrogens with one attached hydrogen (secondary N) is 2. The summed E-state index contributed by atoms with van der Waals surface area (Å²) in [5, 5.41) is 2.75. The van der Waals surface area contributed by atoms with Crippen LogP contribution in [-0.2, 0) is 14.8 Å². The van der Waals surface area contributed by atoms with Gasteiger partial charge in [-0.15, -0.1) is 0 Å². The Bertz CT molecular complexity index is 972. The Morgan fingerprint density at radius 2 is 1.90 bits per heavy atom. The summed E-state index contributed by atoms with van der Waals surface area (Å²) in [4.78, 5) is 12.3. The lowest BCUT2D eigenvalue weighted by Crippen LogP contribution is -2.36. The number of hydrogen-bond donors (Lipinski definition) is 2. The molecule has 2 aromatic rings. The van der Waals surface area contributed by atoms with Crippen molar-refractivity contribution in [2.45, 2.75) is 50.0 Å². The van der Waals surface area contributed by atoms with E-state index in [1.165, 1.54) is 12.5 Å². The van der Waals surface area contributed by atoms with E-state index in [2.05, 4.69) is 26.0 Å². The third-order valence-electron chi connectivity index (χ3n) is 4.85. The molecule has 2 aromatic carbocycles. The number of carbonyl (C=O) groups is 1. The predicted molar refractivity (Wildman–Crippen MR) is 117 cm³/mol. The van der Waals surface area contributed by atoms with E-state index >= 15 is 0 Å². The van der Waals surface area contributed by atoms with Gasteiger partial charge in [0, 0.05) is 16.2 Å². The average Bonchev–Trinajstić information content (AvgIpc) is 2.67. The fraction of sp³-hybridized carbons (Fsp3) is 0.381. The smallest absolute Gasteiger partial charge is 0.262 e. The van der Waals surface area contributed by atoms with Crippen LogP contribution in [0.5, 0.6) is 5.75 Å². The highest BCUT2D eigenvalue weighted by Crippen LogP contribution is 2.24. The minimum Gasteiger partial charge on any atom is -0.483 e. The maximum atomic E-state index is 12.6. The molecule has 156 valence electrons. The highest BCUT2D eigenvalue weighted by molar-refractivity contribution is 9.10. The predicted octanol–water partition coefficient (Wildman–Crippen LogP) is 4.39. The van der Waals surface area contributed by atoms with Crippen molar-refractivity contribution in [1.82, 2.24) is 4.72 Å². The molecule has 0 heterocycles. The highest BCUT2D eigenvalue weighted by Gasteiger charge is 2.22. The summed E-state index contributed by atoms with van der Waals surface area (Å²) in [5.74, 6) is 0.184. The zero-order valence-corrected chi connectivity index (χ0v) is 18.7. The normalized spacial score (nSPS) is 15.1. The maximum absolute atomic E-state index is 12.6. The van der Waals surface area contributed by atoms with E-state index in [4.69, 9.17) is 4.74 Å². The van der Waals surface area contributed by atoms with Crippen molar-refractivity contribution in [2.75, 3.05) is 11.9 Å². The SMILES string of the molecule is Cc1cc(S(=O)(=O)NC2CCCCC2)ccc1OCC(=O)Nc1cccc(Br)c1. The average molecular weight is 481 g/mol. The summed E-state index contributed by atoms with van der Waals surface area (Å²) in [5.41, 5.74) is 1.33. The van der Waals surface area contributed by atoms with Gasteiger partial charge < -0.3 is 10.1 Å². The molecule has 0 radical (unpaired) electrons. The number of carbonyl (C=O) groups excluding carboxylic acids is 1. The van der Waals surface area contributed by atoms with Crippen LogP contribution in [0.1, 0.15) is 37.7 Å². The van der Waals surface area contributed by atoms with E-state index in [1.807, 2.05) is 12.1 Å². The first-order valence-electron chi connectivity index (χ1n) is 9.65. The van der Waals surface area contributed by atoms with E-state index in [-0.39, 0.29) is 23.5 Å².